The van der Waals surface area contributed by atoms with Crippen molar-refractivity contribution in [3.8, 4) is 0 Å². The van der Waals surface area contributed by atoms with Crippen LogP contribution in [0.3, 0.4) is 0 Å². The van der Waals surface area contributed by atoms with Gasteiger partial charge in [0, 0.05) is 5.39 Å². The maximum absolute atomic E-state index is 5.18. The minimum Gasteiger partial charge on any atom is -0.390 e. The zero-order chi connectivity index (χ0) is 8.39. The van der Waals surface area contributed by atoms with Gasteiger partial charge < -0.3 is 5.73 Å². The predicted octanol–water partition coefficient (Wildman–Crippen LogP) is 1.91. The molecule has 0 amide bonds. The Balaban J connectivity index is 2.70. The highest BCUT2D eigenvalue weighted by Crippen LogP contribution is 2.27. The van der Waals surface area contributed by atoms with Crippen molar-refractivity contribution in [2.45, 2.75) is 0 Å². The molecule has 4 heteroatoms. The molecule has 2 N–H and O–H groups in total. The van der Waals surface area contributed by atoms with Gasteiger partial charge in [-0.1, -0.05) is 12.1 Å². The molecule has 0 unspecified atom stereocenters. The molecular formula is C8H7N3S. The van der Waals surface area contributed by atoms with E-state index in [9.17, 15) is 0 Å². The standard InChI is InChI=1S/C8H7N3S/c9-5-10-8-6-3-1-2-4-7(6)12-11-8/h1-5H,(H2,9,10,11). The van der Waals surface area contributed by atoms with Crippen LogP contribution < -0.4 is 5.73 Å². The molecule has 0 atom stereocenters. The molecule has 60 valence electrons. The van der Waals surface area contributed by atoms with Gasteiger partial charge in [-0.3, -0.25) is 0 Å². The van der Waals surface area contributed by atoms with E-state index in [0.29, 0.717) is 5.82 Å². The van der Waals surface area contributed by atoms with Crippen LogP contribution in [0, 0.1) is 0 Å². The summed E-state index contributed by atoms with van der Waals surface area (Å²) >= 11 is 1.43. The van der Waals surface area contributed by atoms with Crippen LogP contribution in [-0.2, 0) is 0 Å². The average Bonchev–Trinajstić information content (AvgIpc) is 2.50. The molecule has 0 saturated carbocycles. The smallest absolute Gasteiger partial charge is 0.174 e. The molecule has 0 saturated heterocycles. The molecule has 2 rings (SSSR count). The number of hydrogen-bond donors (Lipinski definition) is 1. The number of fused-ring (bicyclic) bond motifs is 1. The van der Waals surface area contributed by atoms with Crippen molar-refractivity contribution < 1.29 is 0 Å². The fourth-order valence-electron chi connectivity index (χ4n) is 1.04. The average molecular weight is 177 g/mol. The van der Waals surface area contributed by atoms with E-state index < -0.39 is 0 Å². The Morgan fingerprint density at radius 2 is 2.25 bits per heavy atom. The molecule has 0 aliphatic rings. The van der Waals surface area contributed by atoms with Crippen LogP contribution in [0.5, 0.6) is 0 Å². The molecule has 2 aromatic rings. The number of aromatic nitrogens is 1. The number of nitrogens with zero attached hydrogens (tertiary/aromatic N) is 2. The van der Waals surface area contributed by atoms with Gasteiger partial charge in [0.15, 0.2) is 5.82 Å². The molecule has 12 heavy (non-hydrogen) atoms. The third kappa shape index (κ3) is 1.06. The summed E-state index contributed by atoms with van der Waals surface area (Å²) in [5.41, 5.74) is 5.18. The molecule has 1 aromatic heterocycles. The van der Waals surface area contributed by atoms with E-state index in [1.165, 1.54) is 17.9 Å². The molecule has 1 aromatic carbocycles. The van der Waals surface area contributed by atoms with E-state index in [1.54, 1.807) is 0 Å². The summed E-state index contributed by atoms with van der Waals surface area (Å²) in [6.45, 7) is 0. The molecular weight excluding hydrogens is 170 g/mol. The van der Waals surface area contributed by atoms with Crippen LogP contribution in [0.4, 0.5) is 5.82 Å². The second kappa shape index (κ2) is 2.91. The van der Waals surface area contributed by atoms with E-state index in [4.69, 9.17) is 5.73 Å². The number of nitrogens with two attached hydrogens (primary N) is 1. The van der Waals surface area contributed by atoms with Gasteiger partial charge in [0.25, 0.3) is 0 Å². The highest BCUT2D eigenvalue weighted by atomic mass is 32.1. The quantitative estimate of drug-likeness (QED) is 0.534. The van der Waals surface area contributed by atoms with Crippen LogP contribution in [0.15, 0.2) is 29.3 Å². The Kier molecular flexibility index (Phi) is 1.75. The fourth-order valence-corrected chi connectivity index (χ4v) is 1.76. The normalized spacial score (nSPS) is 11.3. The van der Waals surface area contributed by atoms with Crippen LogP contribution in [0.25, 0.3) is 10.1 Å². The summed E-state index contributed by atoms with van der Waals surface area (Å²) in [7, 11) is 0. The molecule has 0 aliphatic carbocycles. The zero-order valence-electron chi connectivity index (χ0n) is 6.27. The SMILES string of the molecule is NC=Nc1nsc2ccccc12. The Hall–Kier alpha value is -1.42. The van der Waals surface area contributed by atoms with Crippen molar-refractivity contribution in [1.29, 1.82) is 0 Å². The molecule has 0 spiro atoms. The minimum absolute atomic E-state index is 0.707. The summed E-state index contributed by atoms with van der Waals surface area (Å²) in [4.78, 5) is 3.95. The van der Waals surface area contributed by atoms with Gasteiger partial charge in [0.1, 0.15) is 0 Å². The number of aliphatic imine (C=N–C) groups is 1. The number of rotatable bonds is 1. The van der Waals surface area contributed by atoms with E-state index in [0.717, 1.165) is 10.1 Å². The minimum atomic E-state index is 0.707. The van der Waals surface area contributed by atoms with Gasteiger partial charge in [-0.25, -0.2) is 4.99 Å². The molecule has 0 bridgehead atoms. The first-order valence-corrected chi connectivity index (χ1v) is 4.28. The largest absolute Gasteiger partial charge is 0.390 e. The Morgan fingerprint density at radius 3 is 3.08 bits per heavy atom. The highest BCUT2D eigenvalue weighted by Gasteiger charge is 2.01. The summed E-state index contributed by atoms with van der Waals surface area (Å²) in [5.74, 6) is 0.707. The van der Waals surface area contributed by atoms with Gasteiger partial charge >= 0.3 is 0 Å². The summed E-state index contributed by atoms with van der Waals surface area (Å²) < 4.78 is 5.29. The first kappa shape index (κ1) is 7.24. The third-order valence-corrected chi connectivity index (χ3v) is 2.37. The summed E-state index contributed by atoms with van der Waals surface area (Å²) in [6, 6.07) is 7.95. The van der Waals surface area contributed by atoms with Crippen molar-refractivity contribution in [2.24, 2.45) is 10.7 Å². The van der Waals surface area contributed by atoms with Gasteiger partial charge in [0.05, 0.1) is 11.0 Å². The lowest BCUT2D eigenvalue weighted by Crippen LogP contribution is -1.86. The van der Waals surface area contributed by atoms with Gasteiger partial charge in [-0.05, 0) is 23.7 Å². The summed E-state index contributed by atoms with van der Waals surface area (Å²) in [5, 5.41) is 1.06. The predicted molar refractivity (Wildman–Crippen MR) is 52.0 cm³/mol. The second-order valence-corrected chi connectivity index (χ2v) is 3.09. The van der Waals surface area contributed by atoms with E-state index in [1.807, 2.05) is 24.3 Å². The van der Waals surface area contributed by atoms with Crippen molar-refractivity contribution >= 4 is 33.8 Å². The lowest BCUT2D eigenvalue weighted by atomic mass is 10.3. The van der Waals surface area contributed by atoms with E-state index in [-0.39, 0.29) is 0 Å². The van der Waals surface area contributed by atoms with Crippen LogP contribution in [0.2, 0.25) is 0 Å². The van der Waals surface area contributed by atoms with E-state index >= 15 is 0 Å². The van der Waals surface area contributed by atoms with Crippen LogP contribution >= 0.6 is 11.5 Å². The lowest BCUT2D eigenvalue weighted by molar-refractivity contribution is 1.44. The van der Waals surface area contributed by atoms with Crippen molar-refractivity contribution in [2.75, 3.05) is 0 Å². The van der Waals surface area contributed by atoms with Crippen LogP contribution in [-0.4, -0.2) is 10.7 Å². The molecule has 3 nitrogen and oxygen atoms in total. The second-order valence-electron chi connectivity index (χ2n) is 2.28. The third-order valence-electron chi connectivity index (χ3n) is 1.56. The fraction of sp³-hybridized carbons (Fsp3) is 0. The Bertz CT molecular complexity index is 419. The van der Waals surface area contributed by atoms with Crippen LogP contribution in [0.1, 0.15) is 0 Å². The molecule has 1 heterocycles. The number of hydrogen-bond acceptors (Lipinski definition) is 3. The maximum Gasteiger partial charge on any atom is 0.174 e. The van der Waals surface area contributed by atoms with Crippen molar-refractivity contribution in [3.05, 3.63) is 24.3 Å². The van der Waals surface area contributed by atoms with Gasteiger partial charge in [0.2, 0.25) is 0 Å². The monoisotopic (exact) mass is 177 g/mol. The molecule has 0 fully saturated rings. The lowest BCUT2D eigenvalue weighted by Gasteiger charge is -1.86. The Morgan fingerprint density at radius 1 is 1.42 bits per heavy atom. The molecule has 0 radical (unpaired) electrons. The zero-order valence-corrected chi connectivity index (χ0v) is 7.08. The first-order valence-electron chi connectivity index (χ1n) is 3.50. The van der Waals surface area contributed by atoms with Crippen molar-refractivity contribution in [3.63, 3.8) is 0 Å². The summed E-state index contributed by atoms with van der Waals surface area (Å²) in [6.07, 6.45) is 1.27. The van der Waals surface area contributed by atoms with Gasteiger partial charge in [-0.15, -0.1) is 0 Å². The highest BCUT2D eigenvalue weighted by molar-refractivity contribution is 7.13. The topological polar surface area (TPSA) is 51.3 Å². The van der Waals surface area contributed by atoms with Crippen molar-refractivity contribution in [1.82, 2.24) is 4.37 Å². The first-order chi connectivity index (χ1) is 5.92. The maximum atomic E-state index is 5.18. The van der Waals surface area contributed by atoms with E-state index in [2.05, 4.69) is 9.37 Å². The Labute approximate surface area is 73.7 Å². The number of benzene rings is 1. The van der Waals surface area contributed by atoms with Gasteiger partial charge in [-0.2, -0.15) is 4.37 Å². The molecule has 0 aliphatic heterocycles.